The standard InChI is InChI=1S/C33H40N2O2S/c1-25-12-11-16-28(20-25)22-35(32(36)24-38-23-29-17-10-9-13-26(29)2)31(21-27-14-5-3-6-15-27)33(37)34-30-18-7-4-8-19-30/h3,5-6,9-17,20,30-31H,4,7-8,18-19,21-24H2,1-2H3,(H,34,37)/t31-/m0/s1. The van der Waals surface area contributed by atoms with Crippen molar-refractivity contribution in [1.29, 1.82) is 0 Å². The van der Waals surface area contributed by atoms with Gasteiger partial charge in [0.25, 0.3) is 0 Å². The highest BCUT2D eigenvalue weighted by molar-refractivity contribution is 7.99. The molecule has 5 heteroatoms. The van der Waals surface area contributed by atoms with Gasteiger partial charge in [-0.25, -0.2) is 0 Å². The molecule has 1 aliphatic rings. The third-order valence-corrected chi connectivity index (χ3v) is 8.37. The van der Waals surface area contributed by atoms with Crippen LogP contribution in [0.25, 0.3) is 0 Å². The van der Waals surface area contributed by atoms with E-state index in [1.807, 2.05) is 59.5 Å². The van der Waals surface area contributed by atoms with E-state index in [1.165, 1.54) is 17.5 Å². The lowest BCUT2D eigenvalue weighted by molar-refractivity contribution is -0.139. The van der Waals surface area contributed by atoms with Gasteiger partial charge in [-0.15, -0.1) is 11.8 Å². The molecule has 0 aromatic heterocycles. The van der Waals surface area contributed by atoms with E-state index in [9.17, 15) is 9.59 Å². The first-order valence-electron chi connectivity index (χ1n) is 13.8. The highest BCUT2D eigenvalue weighted by Gasteiger charge is 2.31. The summed E-state index contributed by atoms with van der Waals surface area (Å²) < 4.78 is 0. The topological polar surface area (TPSA) is 49.4 Å². The zero-order valence-electron chi connectivity index (χ0n) is 22.7. The van der Waals surface area contributed by atoms with Gasteiger partial charge in [0.1, 0.15) is 6.04 Å². The fourth-order valence-electron chi connectivity index (χ4n) is 5.21. The van der Waals surface area contributed by atoms with Crippen molar-refractivity contribution in [2.45, 2.75) is 76.8 Å². The highest BCUT2D eigenvalue weighted by atomic mass is 32.2. The number of carbonyl (C=O) groups is 2. The first kappa shape index (κ1) is 28.0. The smallest absolute Gasteiger partial charge is 0.243 e. The van der Waals surface area contributed by atoms with E-state index in [4.69, 9.17) is 0 Å². The van der Waals surface area contributed by atoms with Crippen LogP contribution in [0, 0.1) is 13.8 Å². The second-order valence-electron chi connectivity index (χ2n) is 10.5. The van der Waals surface area contributed by atoms with Gasteiger partial charge < -0.3 is 10.2 Å². The van der Waals surface area contributed by atoms with Crippen LogP contribution in [0.15, 0.2) is 78.9 Å². The summed E-state index contributed by atoms with van der Waals surface area (Å²) in [6, 6.07) is 26.2. The molecule has 4 rings (SSSR count). The van der Waals surface area contributed by atoms with Crippen molar-refractivity contribution in [3.63, 3.8) is 0 Å². The molecule has 2 amide bonds. The number of hydrogen-bond donors (Lipinski definition) is 1. The number of thioether (sulfide) groups is 1. The van der Waals surface area contributed by atoms with Gasteiger partial charge in [-0.1, -0.05) is 104 Å². The zero-order chi connectivity index (χ0) is 26.7. The molecule has 1 N–H and O–H groups in total. The third kappa shape index (κ3) is 8.22. The van der Waals surface area contributed by atoms with Crippen LogP contribution in [0.5, 0.6) is 0 Å². The lowest BCUT2D eigenvalue weighted by Gasteiger charge is -2.33. The summed E-state index contributed by atoms with van der Waals surface area (Å²) >= 11 is 1.62. The average molecular weight is 529 g/mol. The molecule has 38 heavy (non-hydrogen) atoms. The number of nitrogens with one attached hydrogen (secondary N) is 1. The molecule has 4 nitrogen and oxygen atoms in total. The molecule has 1 atom stereocenters. The molecule has 0 unspecified atom stereocenters. The van der Waals surface area contributed by atoms with Crippen molar-refractivity contribution in [1.82, 2.24) is 10.2 Å². The van der Waals surface area contributed by atoms with Crippen molar-refractivity contribution in [2.75, 3.05) is 5.75 Å². The Morgan fingerprint density at radius 1 is 0.895 bits per heavy atom. The van der Waals surface area contributed by atoms with Gasteiger partial charge in [0.2, 0.25) is 11.8 Å². The van der Waals surface area contributed by atoms with E-state index in [2.05, 4.69) is 43.4 Å². The van der Waals surface area contributed by atoms with Crippen LogP contribution in [0.4, 0.5) is 0 Å². The summed E-state index contributed by atoms with van der Waals surface area (Å²) in [5, 5.41) is 3.32. The molecular formula is C33H40N2O2S. The summed E-state index contributed by atoms with van der Waals surface area (Å²) in [4.78, 5) is 29.5. The average Bonchev–Trinajstić information content (AvgIpc) is 2.93. The molecule has 0 heterocycles. The van der Waals surface area contributed by atoms with Gasteiger partial charge in [0.05, 0.1) is 5.75 Å². The van der Waals surface area contributed by atoms with Gasteiger partial charge in [0, 0.05) is 24.8 Å². The lowest BCUT2D eigenvalue weighted by atomic mass is 9.94. The molecule has 1 saturated carbocycles. The van der Waals surface area contributed by atoms with E-state index in [0.29, 0.717) is 18.7 Å². The first-order chi connectivity index (χ1) is 18.5. The van der Waals surface area contributed by atoms with E-state index in [0.717, 1.165) is 48.1 Å². The second kappa shape index (κ2) is 14.2. The largest absolute Gasteiger partial charge is 0.352 e. The summed E-state index contributed by atoms with van der Waals surface area (Å²) in [7, 11) is 0. The molecule has 0 spiro atoms. The van der Waals surface area contributed by atoms with E-state index < -0.39 is 6.04 Å². The number of amides is 2. The number of rotatable bonds is 11. The van der Waals surface area contributed by atoms with Gasteiger partial charge in [-0.05, 0) is 48.9 Å². The second-order valence-corrected chi connectivity index (χ2v) is 11.5. The van der Waals surface area contributed by atoms with E-state index in [1.54, 1.807) is 11.8 Å². The minimum atomic E-state index is -0.564. The molecule has 1 aliphatic carbocycles. The number of carbonyl (C=O) groups excluding carboxylic acids is 2. The summed E-state index contributed by atoms with van der Waals surface area (Å²) in [6.07, 6.45) is 6.06. The van der Waals surface area contributed by atoms with E-state index >= 15 is 0 Å². The van der Waals surface area contributed by atoms with Crippen LogP contribution in [0.3, 0.4) is 0 Å². The van der Waals surface area contributed by atoms with Crippen LogP contribution < -0.4 is 5.32 Å². The van der Waals surface area contributed by atoms with Crippen LogP contribution in [-0.2, 0) is 28.3 Å². The van der Waals surface area contributed by atoms with Crippen LogP contribution >= 0.6 is 11.8 Å². The van der Waals surface area contributed by atoms with Gasteiger partial charge in [0.15, 0.2) is 0 Å². The Morgan fingerprint density at radius 2 is 1.61 bits per heavy atom. The SMILES string of the molecule is Cc1cccc(CN(C(=O)CSCc2ccccc2C)[C@@H](Cc2ccccc2)C(=O)NC2CCCCC2)c1. The number of hydrogen-bond acceptors (Lipinski definition) is 3. The Morgan fingerprint density at radius 3 is 2.34 bits per heavy atom. The Hall–Kier alpha value is -3.05. The van der Waals surface area contributed by atoms with Crippen molar-refractivity contribution in [2.24, 2.45) is 0 Å². The monoisotopic (exact) mass is 528 g/mol. The van der Waals surface area contributed by atoms with Gasteiger partial charge >= 0.3 is 0 Å². The lowest BCUT2D eigenvalue weighted by Crippen LogP contribution is -2.53. The van der Waals surface area contributed by atoms with Crippen molar-refractivity contribution in [3.05, 3.63) is 107 Å². The van der Waals surface area contributed by atoms with Crippen molar-refractivity contribution >= 4 is 23.6 Å². The van der Waals surface area contributed by atoms with E-state index in [-0.39, 0.29) is 17.9 Å². The highest BCUT2D eigenvalue weighted by Crippen LogP contribution is 2.22. The zero-order valence-corrected chi connectivity index (χ0v) is 23.5. The quantitative estimate of drug-likeness (QED) is 0.304. The van der Waals surface area contributed by atoms with Crippen LogP contribution in [-0.4, -0.2) is 34.6 Å². The van der Waals surface area contributed by atoms with Gasteiger partial charge in [-0.3, -0.25) is 9.59 Å². The third-order valence-electron chi connectivity index (χ3n) is 7.40. The number of aryl methyl sites for hydroxylation is 2. The Labute approximate surface area is 232 Å². The number of nitrogens with zero attached hydrogens (tertiary/aromatic N) is 1. The Bertz CT molecular complexity index is 1190. The first-order valence-corrected chi connectivity index (χ1v) is 15.0. The Balaban J connectivity index is 1.57. The molecule has 3 aromatic carbocycles. The fourth-order valence-corrected chi connectivity index (χ4v) is 6.20. The molecule has 0 saturated heterocycles. The summed E-state index contributed by atoms with van der Waals surface area (Å²) in [5.74, 6) is 1.08. The maximum absolute atomic E-state index is 13.9. The molecule has 1 fully saturated rings. The molecule has 3 aromatic rings. The Kier molecular flexibility index (Phi) is 10.5. The minimum absolute atomic E-state index is 0.00446. The normalized spacial score (nSPS) is 14.6. The number of benzene rings is 3. The van der Waals surface area contributed by atoms with Crippen LogP contribution in [0.1, 0.15) is 59.9 Å². The maximum Gasteiger partial charge on any atom is 0.243 e. The molecular weight excluding hydrogens is 488 g/mol. The molecule has 200 valence electrons. The molecule has 0 aliphatic heterocycles. The van der Waals surface area contributed by atoms with Crippen LogP contribution in [0.2, 0.25) is 0 Å². The summed E-state index contributed by atoms with van der Waals surface area (Å²) in [5.41, 5.74) is 5.73. The van der Waals surface area contributed by atoms with Crippen molar-refractivity contribution < 1.29 is 9.59 Å². The van der Waals surface area contributed by atoms with Crippen molar-refractivity contribution in [3.8, 4) is 0 Å². The molecule has 0 bridgehead atoms. The summed E-state index contributed by atoms with van der Waals surface area (Å²) in [6.45, 7) is 4.58. The maximum atomic E-state index is 13.9. The predicted octanol–water partition coefficient (Wildman–Crippen LogP) is 6.63. The minimum Gasteiger partial charge on any atom is -0.352 e. The predicted molar refractivity (Wildman–Crippen MR) is 158 cm³/mol. The molecule has 0 radical (unpaired) electrons. The fraction of sp³-hybridized carbons (Fsp3) is 0.394. The van der Waals surface area contributed by atoms with Gasteiger partial charge in [-0.2, -0.15) is 0 Å².